The minimum atomic E-state index is -0.883. The molecule has 0 fully saturated rings. The van der Waals surface area contributed by atoms with Crippen molar-refractivity contribution in [2.45, 2.75) is 13.5 Å². The Morgan fingerprint density at radius 1 is 1.25 bits per heavy atom. The number of nitrogens with two attached hydrogens (primary N) is 1. The summed E-state index contributed by atoms with van der Waals surface area (Å²) in [4.78, 5) is 11.8. The van der Waals surface area contributed by atoms with Crippen LogP contribution in [0.2, 0.25) is 0 Å². The van der Waals surface area contributed by atoms with Crippen LogP contribution in [0.1, 0.15) is 21.5 Å². The molecular formula is C15H14F2N2O. The molecule has 0 saturated heterocycles. The Morgan fingerprint density at radius 2 is 2.00 bits per heavy atom. The SMILES string of the molecule is Cc1c(N)cccc1CNC(=O)c1ccc(F)cc1F. The molecule has 2 rings (SSSR count). The second-order valence-electron chi connectivity index (χ2n) is 4.44. The number of amides is 1. The second-order valence-corrected chi connectivity index (χ2v) is 4.44. The van der Waals surface area contributed by atoms with Crippen molar-refractivity contribution in [3.05, 3.63) is 64.7 Å². The van der Waals surface area contributed by atoms with E-state index in [2.05, 4.69) is 5.32 Å². The molecule has 0 aliphatic carbocycles. The van der Waals surface area contributed by atoms with Crippen molar-refractivity contribution in [2.24, 2.45) is 0 Å². The van der Waals surface area contributed by atoms with Crippen LogP contribution in [0.4, 0.5) is 14.5 Å². The first kappa shape index (κ1) is 14.0. The Bertz CT molecular complexity index is 656. The summed E-state index contributed by atoms with van der Waals surface area (Å²) in [5.41, 5.74) is 7.92. The number of anilines is 1. The van der Waals surface area contributed by atoms with Crippen molar-refractivity contribution in [1.82, 2.24) is 5.32 Å². The van der Waals surface area contributed by atoms with Gasteiger partial charge in [-0.15, -0.1) is 0 Å². The van der Waals surface area contributed by atoms with E-state index in [0.717, 1.165) is 23.3 Å². The van der Waals surface area contributed by atoms with E-state index in [4.69, 9.17) is 5.73 Å². The summed E-state index contributed by atoms with van der Waals surface area (Å²) in [6.45, 7) is 2.07. The number of nitrogens with one attached hydrogen (secondary N) is 1. The van der Waals surface area contributed by atoms with Crippen molar-refractivity contribution in [2.75, 3.05) is 5.73 Å². The first-order chi connectivity index (χ1) is 9.49. The maximum absolute atomic E-state index is 13.4. The third-order valence-electron chi connectivity index (χ3n) is 3.10. The highest BCUT2D eigenvalue weighted by Crippen LogP contribution is 2.15. The minimum absolute atomic E-state index is 0.187. The Labute approximate surface area is 115 Å². The fourth-order valence-corrected chi connectivity index (χ4v) is 1.84. The average molecular weight is 276 g/mol. The summed E-state index contributed by atoms with van der Waals surface area (Å²) in [5.74, 6) is -2.19. The fourth-order valence-electron chi connectivity index (χ4n) is 1.84. The molecule has 3 nitrogen and oxygen atoms in total. The van der Waals surface area contributed by atoms with Crippen molar-refractivity contribution < 1.29 is 13.6 Å². The van der Waals surface area contributed by atoms with Gasteiger partial charge in [0.25, 0.3) is 5.91 Å². The van der Waals surface area contributed by atoms with Crippen LogP contribution in [0, 0.1) is 18.6 Å². The van der Waals surface area contributed by atoms with E-state index in [1.165, 1.54) is 0 Å². The zero-order valence-corrected chi connectivity index (χ0v) is 10.9. The molecule has 20 heavy (non-hydrogen) atoms. The van der Waals surface area contributed by atoms with Gasteiger partial charge >= 0.3 is 0 Å². The monoisotopic (exact) mass is 276 g/mol. The number of rotatable bonds is 3. The maximum atomic E-state index is 13.4. The van der Waals surface area contributed by atoms with Gasteiger partial charge in [-0.2, -0.15) is 0 Å². The zero-order valence-electron chi connectivity index (χ0n) is 10.9. The van der Waals surface area contributed by atoms with Crippen LogP contribution in [-0.2, 0) is 6.54 Å². The van der Waals surface area contributed by atoms with Crippen LogP contribution < -0.4 is 11.1 Å². The van der Waals surface area contributed by atoms with Crippen molar-refractivity contribution in [3.8, 4) is 0 Å². The molecule has 5 heteroatoms. The molecule has 2 aromatic rings. The fraction of sp³-hybridized carbons (Fsp3) is 0.133. The Hall–Kier alpha value is -2.43. The molecule has 0 aliphatic rings. The maximum Gasteiger partial charge on any atom is 0.254 e. The first-order valence-electron chi connectivity index (χ1n) is 6.06. The van der Waals surface area contributed by atoms with Crippen LogP contribution in [0.15, 0.2) is 36.4 Å². The lowest BCUT2D eigenvalue weighted by Crippen LogP contribution is -2.24. The molecule has 0 aliphatic heterocycles. The normalized spacial score (nSPS) is 10.3. The van der Waals surface area contributed by atoms with E-state index < -0.39 is 17.5 Å². The number of halogens is 2. The summed E-state index contributed by atoms with van der Waals surface area (Å²) in [7, 11) is 0. The quantitative estimate of drug-likeness (QED) is 0.847. The molecule has 2 aromatic carbocycles. The summed E-state index contributed by atoms with van der Waals surface area (Å²) in [6.07, 6.45) is 0. The molecule has 0 saturated carbocycles. The smallest absolute Gasteiger partial charge is 0.254 e. The molecule has 1 amide bonds. The number of carbonyl (C=O) groups is 1. The lowest BCUT2D eigenvalue weighted by Gasteiger charge is -2.10. The molecular weight excluding hydrogens is 262 g/mol. The van der Waals surface area contributed by atoms with Gasteiger partial charge in [0, 0.05) is 18.3 Å². The van der Waals surface area contributed by atoms with Crippen molar-refractivity contribution in [1.29, 1.82) is 0 Å². The molecule has 0 heterocycles. The van der Waals surface area contributed by atoms with Crippen LogP contribution in [0.25, 0.3) is 0 Å². The highest BCUT2D eigenvalue weighted by molar-refractivity contribution is 5.94. The Kier molecular flexibility index (Phi) is 3.98. The predicted molar refractivity (Wildman–Crippen MR) is 73.1 cm³/mol. The Balaban J connectivity index is 2.11. The molecule has 0 spiro atoms. The second kappa shape index (κ2) is 5.69. The molecule has 0 bridgehead atoms. The van der Waals surface area contributed by atoms with Gasteiger partial charge in [-0.25, -0.2) is 8.78 Å². The number of benzene rings is 2. The van der Waals surface area contributed by atoms with E-state index in [0.29, 0.717) is 11.8 Å². The average Bonchev–Trinajstić information content (AvgIpc) is 2.40. The molecule has 0 radical (unpaired) electrons. The lowest BCUT2D eigenvalue weighted by molar-refractivity contribution is 0.0946. The Morgan fingerprint density at radius 3 is 2.70 bits per heavy atom. The molecule has 0 unspecified atom stereocenters. The van der Waals surface area contributed by atoms with E-state index in [1.807, 2.05) is 13.0 Å². The van der Waals surface area contributed by atoms with Gasteiger partial charge in [0.2, 0.25) is 0 Å². The van der Waals surface area contributed by atoms with Crippen molar-refractivity contribution in [3.63, 3.8) is 0 Å². The van der Waals surface area contributed by atoms with Gasteiger partial charge in [0.05, 0.1) is 5.56 Å². The molecule has 104 valence electrons. The van der Waals surface area contributed by atoms with E-state index >= 15 is 0 Å². The summed E-state index contributed by atoms with van der Waals surface area (Å²) in [5, 5.41) is 2.59. The number of carbonyl (C=O) groups excluding carboxylic acids is 1. The van der Waals surface area contributed by atoms with E-state index in [9.17, 15) is 13.6 Å². The van der Waals surface area contributed by atoms with Gasteiger partial charge in [0.15, 0.2) is 0 Å². The third-order valence-corrected chi connectivity index (χ3v) is 3.10. The number of hydrogen-bond acceptors (Lipinski definition) is 2. The zero-order chi connectivity index (χ0) is 14.7. The van der Waals surface area contributed by atoms with E-state index in [1.54, 1.807) is 12.1 Å². The van der Waals surface area contributed by atoms with E-state index in [-0.39, 0.29) is 12.1 Å². The van der Waals surface area contributed by atoms with Gasteiger partial charge in [-0.3, -0.25) is 4.79 Å². The minimum Gasteiger partial charge on any atom is -0.399 e. The summed E-state index contributed by atoms with van der Waals surface area (Å²) in [6, 6.07) is 8.21. The van der Waals surface area contributed by atoms with Gasteiger partial charge < -0.3 is 11.1 Å². The summed E-state index contributed by atoms with van der Waals surface area (Å²) < 4.78 is 26.2. The van der Waals surface area contributed by atoms with Gasteiger partial charge in [0.1, 0.15) is 11.6 Å². The molecule has 0 aromatic heterocycles. The third kappa shape index (κ3) is 2.93. The summed E-state index contributed by atoms with van der Waals surface area (Å²) >= 11 is 0. The predicted octanol–water partition coefficient (Wildman–Crippen LogP) is 2.79. The molecule has 0 atom stereocenters. The standard InChI is InChI=1S/C15H14F2N2O/c1-9-10(3-2-4-14(9)18)8-19-15(20)12-6-5-11(16)7-13(12)17/h2-7H,8,18H2,1H3,(H,19,20). The highest BCUT2D eigenvalue weighted by Gasteiger charge is 2.12. The highest BCUT2D eigenvalue weighted by atomic mass is 19.1. The van der Waals surface area contributed by atoms with Crippen molar-refractivity contribution >= 4 is 11.6 Å². The van der Waals surface area contributed by atoms with Crippen LogP contribution in [-0.4, -0.2) is 5.91 Å². The number of hydrogen-bond donors (Lipinski definition) is 2. The van der Waals surface area contributed by atoms with Crippen LogP contribution >= 0.6 is 0 Å². The van der Waals surface area contributed by atoms with Gasteiger partial charge in [-0.1, -0.05) is 12.1 Å². The first-order valence-corrected chi connectivity index (χ1v) is 6.06. The largest absolute Gasteiger partial charge is 0.399 e. The lowest BCUT2D eigenvalue weighted by atomic mass is 10.1. The molecule has 3 N–H and O–H groups in total. The topological polar surface area (TPSA) is 55.1 Å². The van der Waals surface area contributed by atoms with Crippen LogP contribution in [0.3, 0.4) is 0 Å². The number of nitrogen functional groups attached to an aromatic ring is 1. The van der Waals surface area contributed by atoms with Gasteiger partial charge in [-0.05, 0) is 36.2 Å². The van der Waals surface area contributed by atoms with Crippen LogP contribution in [0.5, 0.6) is 0 Å².